The molecule has 8 heteroatoms. The molecule has 0 N–H and O–H groups in total. The molecule has 3 aromatic carbocycles. The lowest BCUT2D eigenvalue weighted by molar-refractivity contribution is 0.0717. The third-order valence-corrected chi connectivity index (χ3v) is 6.07. The predicted molar refractivity (Wildman–Crippen MR) is 134 cm³/mol. The van der Waals surface area contributed by atoms with Crippen LogP contribution in [0.25, 0.3) is 0 Å². The maximum atomic E-state index is 12.8. The maximum absolute atomic E-state index is 12.8. The Kier molecular flexibility index (Phi) is 7.12. The quantitative estimate of drug-likeness (QED) is 0.225. The van der Waals surface area contributed by atoms with Gasteiger partial charge in [0, 0.05) is 0 Å². The van der Waals surface area contributed by atoms with Crippen molar-refractivity contribution in [2.75, 3.05) is 26.4 Å². The van der Waals surface area contributed by atoms with Gasteiger partial charge in [-0.1, -0.05) is 0 Å². The van der Waals surface area contributed by atoms with Crippen LogP contribution < -0.4 is 18.9 Å². The Morgan fingerprint density at radius 1 is 0.676 bits per heavy atom. The fraction of sp³-hybridized carbons (Fsp3) is 0.310. The van der Waals surface area contributed by atoms with Gasteiger partial charge in [0.25, 0.3) is 0 Å². The van der Waals surface area contributed by atoms with E-state index in [9.17, 15) is 9.59 Å². The molecule has 2 atom stereocenters. The van der Waals surface area contributed by atoms with Crippen LogP contribution in [-0.4, -0.2) is 50.6 Å². The monoisotopic (exact) mass is 504 g/mol. The minimum Gasteiger partial charge on any atom is -0.491 e. The molecule has 3 aromatic rings. The summed E-state index contributed by atoms with van der Waals surface area (Å²) in [5, 5.41) is 0. The zero-order valence-electron chi connectivity index (χ0n) is 20.9. The Morgan fingerprint density at radius 3 is 1.59 bits per heavy atom. The molecule has 2 fully saturated rings. The van der Waals surface area contributed by atoms with Gasteiger partial charge in [-0.3, -0.25) is 0 Å². The molecule has 0 aliphatic carbocycles. The van der Waals surface area contributed by atoms with Crippen LogP contribution in [0.1, 0.15) is 37.4 Å². The van der Waals surface area contributed by atoms with Crippen molar-refractivity contribution in [2.24, 2.45) is 0 Å². The first-order valence-corrected chi connectivity index (χ1v) is 12.1. The standard InChI is InChI=1S/C29H28O8/c1-17-10-20(32-13-23-15-34-23)4-7-25(17)28(30)36-22-6-9-27(19(3)12-22)37-29(31)26-8-5-21(11-18(26)2)33-14-24-16-35-24/h4-12,23-24H,13-16H2,1-3H3. The second kappa shape index (κ2) is 10.6. The summed E-state index contributed by atoms with van der Waals surface area (Å²) in [7, 11) is 0. The number of carbonyl (C=O) groups is 2. The Hall–Kier alpha value is -3.88. The Bertz CT molecular complexity index is 1320. The first-order valence-electron chi connectivity index (χ1n) is 12.1. The normalized spacial score (nSPS) is 17.6. The van der Waals surface area contributed by atoms with E-state index in [1.54, 1.807) is 61.5 Å². The van der Waals surface area contributed by atoms with E-state index in [0.29, 0.717) is 52.9 Å². The lowest BCUT2D eigenvalue weighted by atomic mass is 10.1. The summed E-state index contributed by atoms with van der Waals surface area (Å²) in [4.78, 5) is 25.5. The average Bonchev–Trinajstić information content (AvgIpc) is 3.78. The van der Waals surface area contributed by atoms with Gasteiger partial charge in [0.05, 0.1) is 24.3 Å². The van der Waals surface area contributed by atoms with Crippen molar-refractivity contribution in [2.45, 2.75) is 33.0 Å². The van der Waals surface area contributed by atoms with Crippen LogP contribution in [0.4, 0.5) is 0 Å². The largest absolute Gasteiger partial charge is 0.491 e. The molecule has 0 bridgehead atoms. The highest BCUT2D eigenvalue weighted by molar-refractivity contribution is 5.93. The van der Waals surface area contributed by atoms with Gasteiger partial charge >= 0.3 is 11.9 Å². The van der Waals surface area contributed by atoms with E-state index < -0.39 is 11.9 Å². The number of rotatable bonds is 10. The molecule has 0 saturated carbocycles. The van der Waals surface area contributed by atoms with Gasteiger partial charge in [-0.2, -0.15) is 0 Å². The summed E-state index contributed by atoms with van der Waals surface area (Å²) in [5.41, 5.74) is 3.03. The highest BCUT2D eigenvalue weighted by Crippen LogP contribution is 2.27. The highest BCUT2D eigenvalue weighted by Gasteiger charge is 2.24. The van der Waals surface area contributed by atoms with E-state index in [-0.39, 0.29) is 12.2 Å². The molecule has 2 heterocycles. The third kappa shape index (κ3) is 6.47. The van der Waals surface area contributed by atoms with Crippen LogP contribution in [0.3, 0.4) is 0 Å². The summed E-state index contributed by atoms with van der Waals surface area (Å²) in [5.74, 6) is 1.13. The molecule has 2 saturated heterocycles. The fourth-order valence-electron chi connectivity index (χ4n) is 3.73. The van der Waals surface area contributed by atoms with E-state index in [1.807, 2.05) is 13.8 Å². The van der Waals surface area contributed by atoms with E-state index in [4.69, 9.17) is 28.4 Å². The summed E-state index contributed by atoms with van der Waals surface area (Å²) < 4.78 is 32.8. The molecule has 37 heavy (non-hydrogen) atoms. The fourth-order valence-corrected chi connectivity index (χ4v) is 3.73. The molecule has 0 radical (unpaired) electrons. The van der Waals surface area contributed by atoms with Gasteiger partial charge in [-0.25, -0.2) is 9.59 Å². The van der Waals surface area contributed by atoms with Crippen molar-refractivity contribution in [3.63, 3.8) is 0 Å². The first-order chi connectivity index (χ1) is 17.9. The number of carbonyl (C=O) groups excluding carboxylic acids is 2. The van der Waals surface area contributed by atoms with Crippen LogP contribution in [0.2, 0.25) is 0 Å². The lowest BCUT2D eigenvalue weighted by Gasteiger charge is -2.13. The summed E-state index contributed by atoms with van der Waals surface area (Å²) >= 11 is 0. The molecule has 5 rings (SSSR count). The van der Waals surface area contributed by atoms with Crippen molar-refractivity contribution in [3.05, 3.63) is 82.4 Å². The first kappa shape index (κ1) is 24.8. The number of benzene rings is 3. The number of ether oxygens (including phenoxy) is 6. The van der Waals surface area contributed by atoms with Gasteiger partial charge in [0.2, 0.25) is 0 Å². The molecule has 0 spiro atoms. The molecule has 2 aliphatic heterocycles. The number of esters is 2. The molecule has 0 amide bonds. The van der Waals surface area contributed by atoms with Crippen LogP contribution in [-0.2, 0) is 9.47 Å². The van der Waals surface area contributed by atoms with Crippen molar-refractivity contribution >= 4 is 11.9 Å². The molecular weight excluding hydrogens is 476 g/mol. The Morgan fingerprint density at radius 2 is 1.14 bits per heavy atom. The average molecular weight is 505 g/mol. The van der Waals surface area contributed by atoms with Gasteiger partial charge in [-0.05, 0) is 92.1 Å². The van der Waals surface area contributed by atoms with Crippen molar-refractivity contribution in [1.82, 2.24) is 0 Å². The van der Waals surface area contributed by atoms with Crippen molar-refractivity contribution in [1.29, 1.82) is 0 Å². The SMILES string of the molecule is Cc1cc(OC(=O)c2ccc(OCC3CO3)cc2C)ccc1OC(=O)c1ccc(OCC2CO2)cc1C. The van der Waals surface area contributed by atoms with Crippen LogP contribution in [0, 0.1) is 20.8 Å². The molecule has 8 nitrogen and oxygen atoms in total. The van der Waals surface area contributed by atoms with Gasteiger partial charge < -0.3 is 28.4 Å². The van der Waals surface area contributed by atoms with E-state index in [0.717, 1.165) is 24.3 Å². The van der Waals surface area contributed by atoms with E-state index in [1.165, 1.54) is 0 Å². The zero-order chi connectivity index (χ0) is 25.9. The molecule has 2 unspecified atom stereocenters. The van der Waals surface area contributed by atoms with E-state index in [2.05, 4.69) is 0 Å². The molecule has 2 aliphatic rings. The molecular formula is C29H28O8. The third-order valence-electron chi connectivity index (χ3n) is 6.07. The molecule has 0 aromatic heterocycles. The Labute approximate surface area is 215 Å². The number of hydrogen-bond donors (Lipinski definition) is 0. The van der Waals surface area contributed by atoms with Crippen LogP contribution >= 0.6 is 0 Å². The zero-order valence-corrected chi connectivity index (χ0v) is 20.9. The number of epoxide rings is 2. The minimum absolute atomic E-state index is 0.159. The van der Waals surface area contributed by atoms with E-state index >= 15 is 0 Å². The van der Waals surface area contributed by atoms with Gasteiger partial charge in [0.1, 0.15) is 48.4 Å². The Balaban J connectivity index is 1.19. The molecule has 192 valence electrons. The highest BCUT2D eigenvalue weighted by atomic mass is 16.6. The maximum Gasteiger partial charge on any atom is 0.343 e. The smallest absolute Gasteiger partial charge is 0.343 e. The summed E-state index contributed by atoms with van der Waals surface area (Å²) in [6, 6.07) is 15.3. The van der Waals surface area contributed by atoms with Gasteiger partial charge in [0.15, 0.2) is 0 Å². The van der Waals surface area contributed by atoms with Crippen molar-refractivity contribution in [3.8, 4) is 23.0 Å². The number of aryl methyl sites for hydroxylation is 3. The topological polar surface area (TPSA) is 96.1 Å². The lowest BCUT2D eigenvalue weighted by Crippen LogP contribution is -2.13. The predicted octanol–water partition coefficient (Wildman–Crippen LogP) is 4.61. The minimum atomic E-state index is -0.482. The second-order valence-electron chi connectivity index (χ2n) is 9.19. The summed E-state index contributed by atoms with van der Waals surface area (Å²) in [6.07, 6.45) is 0.319. The summed E-state index contributed by atoms with van der Waals surface area (Å²) in [6.45, 7) is 7.87. The van der Waals surface area contributed by atoms with Crippen LogP contribution in [0.5, 0.6) is 23.0 Å². The second-order valence-corrected chi connectivity index (χ2v) is 9.19. The van der Waals surface area contributed by atoms with Crippen LogP contribution in [0.15, 0.2) is 54.6 Å². The van der Waals surface area contributed by atoms with Gasteiger partial charge in [-0.15, -0.1) is 0 Å². The number of hydrogen-bond acceptors (Lipinski definition) is 8. The van der Waals surface area contributed by atoms with Crippen molar-refractivity contribution < 1.29 is 38.0 Å².